The van der Waals surface area contributed by atoms with Crippen molar-refractivity contribution in [3.05, 3.63) is 24.2 Å². The van der Waals surface area contributed by atoms with Gasteiger partial charge in [0.05, 0.1) is 12.8 Å². The fraction of sp³-hybridized carbons (Fsp3) is 0.286. The van der Waals surface area contributed by atoms with Crippen molar-refractivity contribution < 1.29 is 14.0 Å². The van der Waals surface area contributed by atoms with Crippen LogP contribution in [0.25, 0.3) is 0 Å². The van der Waals surface area contributed by atoms with Crippen molar-refractivity contribution >= 4 is 5.91 Å². The summed E-state index contributed by atoms with van der Waals surface area (Å²) in [6, 6.07) is 3.56. The van der Waals surface area contributed by atoms with Gasteiger partial charge in [-0.15, -0.1) is 0 Å². The Hall–Kier alpha value is -1.33. The largest absolute Gasteiger partial charge is 0.468 e. The van der Waals surface area contributed by atoms with Gasteiger partial charge in [-0.1, -0.05) is 0 Å². The Balaban J connectivity index is 2.07. The molecule has 0 unspecified atom stereocenters. The standard InChI is InChI=1S/C7H10N2O3/c8-7(10)5-12-9-4-6-2-1-3-11-6/h1-3,9H,4-5H2,(H2,8,10). The van der Waals surface area contributed by atoms with E-state index in [0.29, 0.717) is 6.54 Å². The van der Waals surface area contributed by atoms with Crippen LogP contribution < -0.4 is 11.2 Å². The molecule has 1 amide bonds. The van der Waals surface area contributed by atoms with Crippen LogP contribution >= 0.6 is 0 Å². The topological polar surface area (TPSA) is 77.5 Å². The number of hydrogen-bond donors (Lipinski definition) is 2. The summed E-state index contributed by atoms with van der Waals surface area (Å²) >= 11 is 0. The van der Waals surface area contributed by atoms with Gasteiger partial charge >= 0.3 is 0 Å². The van der Waals surface area contributed by atoms with E-state index in [2.05, 4.69) is 10.3 Å². The summed E-state index contributed by atoms with van der Waals surface area (Å²) in [4.78, 5) is 14.9. The number of furan rings is 1. The number of amides is 1. The first-order valence-corrected chi connectivity index (χ1v) is 3.44. The van der Waals surface area contributed by atoms with Crippen molar-refractivity contribution in [2.75, 3.05) is 6.61 Å². The highest BCUT2D eigenvalue weighted by atomic mass is 16.6. The van der Waals surface area contributed by atoms with E-state index in [1.165, 1.54) is 0 Å². The number of nitrogens with one attached hydrogen (secondary N) is 1. The number of primary amides is 1. The highest BCUT2D eigenvalue weighted by Gasteiger charge is 1.95. The Bertz CT molecular complexity index is 233. The molecule has 0 atom stereocenters. The lowest BCUT2D eigenvalue weighted by Gasteiger charge is -2.00. The predicted molar refractivity (Wildman–Crippen MR) is 40.7 cm³/mol. The molecule has 0 saturated heterocycles. The molecule has 66 valence electrons. The van der Waals surface area contributed by atoms with Crippen LogP contribution in [0.1, 0.15) is 5.76 Å². The van der Waals surface area contributed by atoms with E-state index in [1.807, 2.05) is 0 Å². The quantitative estimate of drug-likeness (QED) is 0.473. The van der Waals surface area contributed by atoms with Crippen molar-refractivity contribution in [3.8, 4) is 0 Å². The van der Waals surface area contributed by atoms with E-state index in [-0.39, 0.29) is 6.61 Å². The van der Waals surface area contributed by atoms with Crippen molar-refractivity contribution in [1.82, 2.24) is 5.48 Å². The van der Waals surface area contributed by atoms with E-state index in [1.54, 1.807) is 18.4 Å². The smallest absolute Gasteiger partial charge is 0.245 e. The maximum atomic E-state index is 10.2. The van der Waals surface area contributed by atoms with E-state index < -0.39 is 5.91 Å². The maximum absolute atomic E-state index is 10.2. The lowest BCUT2D eigenvalue weighted by molar-refractivity contribution is -0.125. The van der Waals surface area contributed by atoms with Gasteiger partial charge in [-0.25, -0.2) is 0 Å². The molecule has 0 aromatic carbocycles. The van der Waals surface area contributed by atoms with Gasteiger partial charge in [0.1, 0.15) is 12.4 Å². The average Bonchev–Trinajstić information content (AvgIpc) is 2.49. The minimum Gasteiger partial charge on any atom is -0.468 e. The van der Waals surface area contributed by atoms with Gasteiger partial charge in [-0.05, 0) is 12.1 Å². The molecule has 0 aliphatic rings. The maximum Gasteiger partial charge on any atom is 0.245 e. The third kappa shape index (κ3) is 3.18. The summed E-state index contributed by atoms with van der Waals surface area (Å²) in [6.45, 7) is 0.279. The SMILES string of the molecule is NC(=O)CONCc1ccco1. The highest BCUT2D eigenvalue weighted by Crippen LogP contribution is 1.97. The first-order valence-electron chi connectivity index (χ1n) is 3.44. The van der Waals surface area contributed by atoms with Crippen LogP contribution in [0, 0.1) is 0 Å². The molecule has 1 aromatic heterocycles. The van der Waals surface area contributed by atoms with Crippen LogP contribution in [0.5, 0.6) is 0 Å². The second-order valence-corrected chi connectivity index (χ2v) is 2.16. The van der Waals surface area contributed by atoms with Crippen molar-refractivity contribution in [1.29, 1.82) is 0 Å². The van der Waals surface area contributed by atoms with Gasteiger partial charge < -0.3 is 10.2 Å². The molecule has 0 spiro atoms. The van der Waals surface area contributed by atoms with E-state index >= 15 is 0 Å². The molecule has 0 bridgehead atoms. The molecule has 0 aliphatic heterocycles. The zero-order chi connectivity index (χ0) is 8.81. The molecule has 5 heteroatoms. The lowest BCUT2D eigenvalue weighted by Crippen LogP contribution is -2.24. The van der Waals surface area contributed by atoms with Crippen molar-refractivity contribution in [2.24, 2.45) is 5.73 Å². The van der Waals surface area contributed by atoms with Gasteiger partial charge in [-0.2, -0.15) is 5.48 Å². The summed E-state index contributed by atoms with van der Waals surface area (Å²) in [5, 5.41) is 0. The zero-order valence-electron chi connectivity index (χ0n) is 6.45. The minimum atomic E-state index is -0.512. The van der Waals surface area contributed by atoms with E-state index in [0.717, 1.165) is 5.76 Å². The molecular weight excluding hydrogens is 160 g/mol. The third-order valence-electron chi connectivity index (χ3n) is 1.14. The first kappa shape index (κ1) is 8.76. The minimum absolute atomic E-state index is 0.138. The number of carbonyl (C=O) groups is 1. The first-order chi connectivity index (χ1) is 5.79. The summed E-state index contributed by atoms with van der Waals surface area (Å²) in [5.74, 6) is 0.224. The highest BCUT2D eigenvalue weighted by molar-refractivity contribution is 5.74. The molecular formula is C7H10N2O3. The molecule has 0 aliphatic carbocycles. The molecule has 3 N–H and O–H groups in total. The van der Waals surface area contributed by atoms with Gasteiger partial charge in [-0.3, -0.25) is 9.63 Å². The molecule has 1 rings (SSSR count). The molecule has 0 fully saturated rings. The van der Waals surface area contributed by atoms with Gasteiger partial charge in [0, 0.05) is 0 Å². The summed E-state index contributed by atoms with van der Waals surface area (Å²) < 4.78 is 4.98. The number of nitrogens with two attached hydrogens (primary N) is 1. The van der Waals surface area contributed by atoms with Crippen molar-refractivity contribution in [3.63, 3.8) is 0 Å². The molecule has 12 heavy (non-hydrogen) atoms. The van der Waals surface area contributed by atoms with E-state index in [9.17, 15) is 4.79 Å². The monoisotopic (exact) mass is 170 g/mol. The number of carbonyl (C=O) groups excluding carboxylic acids is 1. The number of hydrogen-bond acceptors (Lipinski definition) is 4. The Kier molecular flexibility index (Phi) is 3.31. The van der Waals surface area contributed by atoms with Crippen LogP contribution in [0.3, 0.4) is 0 Å². The normalized spacial score (nSPS) is 10.0. The van der Waals surface area contributed by atoms with Crippen molar-refractivity contribution in [2.45, 2.75) is 6.54 Å². The molecule has 5 nitrogen and oxygen atoms in total. The molecule has 0 saturated carbocycles. The summed E-state index contributed by atoms with van der Waals surface area (Å²) in [5.41, 5.74) is 7.35. The molecule has 1 aromatic rings. The van der Waals surface area contributed by atoms with Gasteiger partial charge in [0.25, 0.3) is 0 Å². The summed E-state index contributed by atoms with van der Waals surface area (Å²) in [6.07, 6.45) is 1.56. The fourth-order valence-electron chi connectivity index (χ4n) is 0.657. The summed E-state index contributed by atoms with van der Waals surface area (Å²) in [7, 11) is 0. The lowest BCUT2D eigenvalue weighted by atomic mass is 10.5. The van der Waals surface area contributed by atoms with Gasteiger partial charge in [0.2, 0.25) is 5.91 Å². The number of rotatable bonds is 5. The van der Waals surface area contributed by atoms with E-state index in [4.69, 9.17) is 10.2 Å². The average molecular weight is 170 g/mol. The Labute approximate surface area is 69.4 Å². The molecule has 1 heterocycles. The Morgan fingerprint density at radius 3 is 3.17 bits per heavy atom. The molecule has 0 radical (unpaired) electrons. The number of hydroxylamine groups is 1. The van der Waals surface area contributed by atoms with Crippen LogP contribution in [-0.4, -0.2) is 12.5 Å². The van der Waals surface area contributed by atoms with Crippen LogP contribution in [0.15, 0.2) is 22.8 Å². The zero-order valence-corrected chi connectivity index (χ0v) is 6.45. The second kappa shape index (κ2) is 4.53. The van der Waals surface area contributed by atoms with Crippen LogP contribution in [0.2, 0.25) is 0 Å². The fourth-order valence-corrected chi connectivity index (χ4v) is 0.657. The second-order valence-electron chi connectivity index (χ2n) is 2.16. The predicted octanol–water partition coefficient (Wildman–Crippen LogP) is -0.214. The van der Waals surface area contributed by atoms with Gasteiger partial charge in [0.15, 0.2) is 0 Å². The Morgan fingerprint density at radius 1 is 1.75 bits per heavy atom. The van der Waals surface area contributed by atoms with Crippen LogP contribution in [0.4, 0.5) is 0 Å². The Morgan fingerprint density at radius 2 is 2.58 bits per heavy atom. The van der Waals surface area contributed by atoms with Crippen LogP contribution in [-0.2, 0) is 16.2 Å². The third-order valence-corrected chi connectivity index (χ3v) is 1.14.